The zero-order valence-electron chi connectivity index (χ0n) is 23.5. The van der Waals surface area contributed by atoms with Gasteiger partial charge in [-0.2, -0.15) is 0 Å². The number of rotatable bonds is 3. The number of cyclic esters (lactones) is 1. The fourth-order valence-corrected chi connectivity index (χ4v) is 5.07. The zero-order chi connectivity index (χ0) is 28.0. The Morgan fingerprint density at radius 2 is 1.67 bits per heavy atom. The van der Waals surface area contributed by atoms with Crippen LogP contribution in [0.25, 0.3) is 0 Å². The highest BCUT2D eigenvalue weighted by Crippen LogP contribution is 2.20. The number of Topliss-reactive ketones (excluding diaryl/α,β-unsaturated/α-hetero) is 1. The first-order valence-electron chi connectivity index (χ1n) is 14.6. The van der Waals surface area contributed by atoms with E-state index in [0.717, 1.165) is 44.1 Å². The van der Waals surface area contributed by atoms with Crippen molar-refractivity contribution in [1.82, 2.24) is 15.8 Å². The number of benzene rings is 1. The maximum absolute atomic E-state index is 13.7. The van der Waals surface area contributed by atoms with Gasteiger partial charge in [0.05, 0.1) is 6.61 Å². The summed E-state index contributed by atoms with van der Waals surface area (Å²) < 4.78 is 5.50. The lowest BCUT2D eigenvalue weighted by Crippen LogP contribution is -2.60. The van der Waals surface area contributed by atoms with Gasteiger partial charge in [-0.15, -0.1) is 0 Å². The SMILES string of the molecule is CC(C)[C@@H]1CC(=O)CCCC/C=C/CCCCOC(=O)[C@@H]2CCCN(N2)C(=O)[C@H](Cc2ccccc2)NC1=O. The predicted molar refractivity (Wildman–Crippen MR) is 150 cm³/mol. The monoisotopic (exact) mass is 539 g/mol. The third-order valence-electron chi connectivity index (χ3n) is 7.48. The molecule has 8 heteroatoms. The smallest absolute Gasteiger partial charge is 0.324 e. The van der Waals surface area contributed by atoms with E-state index in [4.69, 9.17) is 4.74 Å². The van der Waals surface area contributed by atoms with E-state index in [1.54, 1.807) is 0 Å². The van der Waals surface area contributed by atoms with E-state index in [9.17, 15) is 19.2 Å². The Kier molecular flexibility index (Phi) is 12.7. The Balaban J connectivity index is 1.79. The molecular weight excluding hydrogens is 494 g/mol. The summed E-state index contributed by atoms with van der Waals surface area (Å²) in [6.07, 6.45) is 11.7. The normalized spacial score (nSPS) is 26.2. The molecule has 2 bridgehead atoms. The van der Waals surface area contributed by atoms with E-state index in [0.29, 0.717) is 38.8 Å². The minimum atomic E-state index is -0.830. The molecule has 1 saturated heterocycles. The van der Waals surface area contributed by atoms with Crippen molar-refractivity contribution in [3.05, 3.63) is 48.0 Å². The van der Waals surface area contributed by atoms with Crippen molar-refractivity contribution in [3.8, 4) is 0 Å². The molecule has 2 aliphatic rings. The minimum Gasteiger partial charge on any atom is -0.464 e. The fraction of sp³-hybridized carbons (Fsp3) is 0.613. The molecule has 0 spiro atoms. The highest BCUT2D eigenvalue weighted by Gasteiger charge is 2.35. The van der Waals surface area contributed by atoms with Crippen LogP contribution in [0.3, 0.4) is 0 Å². The minimum absolute atomic E-state index is 0.0535. The van der Waals surface area contributed by atoms with Crippen LogP contribution < -0.4 is 10.7 Å². The second-order valence-corrected chi connectivity index (χ2v) is 11.0. The largest absolute Gasteiger partial charge is 0.464 e. The summed E-state index contributed by atoms with van der Waals surface area (Å²) in [6.45, 7) is 4.65. The Morgan fingerprint density at radius 1 is 0.949 bits per heavy atom. The van der Waals surface area contributed by atoms with Gasteiger partial charge in [0.25, 0.3) is 5.91 Å². The highest BCUT2D eigenvalue weighted by atomic mass is 16.5. The second kappa shape index (κ2) is 16.2. The molecule has 0 radical (unpaired) electrons. The van der Waals surface area contributed by atoms with Crippen molar-refractivity contribution in [2.75, 3.05) is 13.2 Å². The van der Waals surface area contributed by atoms with E-state index >= 15 is 0 Å². The summed E-state index contributed by atoms with van der Waals surface area (Å²) in [5.41, 5.74) is 3.97. The number of carbonyl (C=O) groups excluding carboxylic acids is 4. The van der Waals surface area contributed by atoms with Crippen LogP contribution in [-0.2, 0) is 30.3 Å². The van der Waals surface area contributed by atoms with E-state index < -0.39 is 18.0 Å². The number of esters is 1. The van der Waals surface area contributed by atoms with Crippen LogP contribution in [0.15, 0.2) is 42.5 Å². The molecule has 8 nitrogen and oxygen atoms in total. The van der Waals surface area contributed by atoms with Crippen molar-refractivity contribution >= 4 is 23.6 Å². The summed E-state index contributed by atoms with van der Waals surface area (Å²) in [7, 11) is 0. The lowest BCUT2D eigenvalue weighted by atomic mass is 9.88. The van der Waals surface area contributed by atoms with Crippen LogP contribution >= 0.6 is 0 Å². The Bertz CT molecular complexity index is 978. The lowest BCUT2D eigenvalue weighted by molar-refractivity contribution is -0.153. The standard InChI is InChI=1S/C31H45N3O5/c1-23(2)26-22-25(35)17-12-7-5-3-4-6-8-13-20-39-31(38)27-18-14-19-34(33-27)30(37)28(32-29(26)36)21-24-15-10-9-11-16-24/h3-4,9-11,15-16,23,26-28,33H,5-8,12-14,17-22H2,1-2H3,(H,32,36)/b4-3+/t26-,27-,28-/m0/s1. The number of fused-ring (bicyclic) bond motifs is 2. The fourth-order valence-electron chi connectivity index (χ4n) is 5.07. The number of hydrogen-bond acceptors (Lipinski definition) is 6. The van der Waals surface area contributed by atoms with E-state index in [1.165, 1.54) is 5.01 Å². The molecule has 0 aliphatic carbocycles. The molecule has 2 aliphatic heterocycles. The molecule has 2 amide bonds. The third-order valence-corrected chi connectivity index (χ3v) is 7.48. The quantitative estimate of drug-likeness (QED) is 0.439. The number of ketones is 1. The van der Waals surface area contributed by atoms with Crippen molar-refractivity contribution < 1.29 is 23.9 Å². The molecule has 3 atom stereocenters. The van der Waals surface area contributed by atoms with Gasteiger partial charge in [0, 0.05) is 31.7 Å². The topological polar surface area (TPSA) is 105 Å². The summed E-state index contributed by atoms with van der Waals surface area (Å²) in [5, 5.41) is 4.43. The number of carbonyl (C=O) groups is 4. The number of hydrazine groups is 1. The van der Waals surface area contributed by atoms with Gasteiger partial charge >= 0.3 is 5.97 Å². The van der Waals surface area contributed by atoms with Crippen LogP contribution in [0.1, 0.15) is 83.6 Å². The van der Waals surface area contributed by atoms with Gasteiger partial charge in [0.15, 0.2) is 0 Å². The Hall–Kier alpha value is -3.00. The molecule has 3 rings (SSSR count). The van der Waals surface area contributed by atoms with Crippen molar-refractivity contribution in [1.29, 1.82) is 0 Å². The highest BCUT2D eigenvalue weighted by molar-refractivity contribution is 5.91. The van der Waals surface area contributed by atoms with Gasteiger partial charge in [-0.05, 0) is 62.8 Å². The first-order valence-corrected chi connectivity index (χ1v) is 14.6. The summed E-state index contributed by atoms with van der Waals surface area (Å²) in [4.78, 5) is 52.7. The van der Waals surface area contributed by atoms with Gasteiger partial charge in [-0.1, -0.05) is 56.3 Å². The predicted octanol–water partition coefficient (Wildman–Crippen LogP) is 4.28. The van der Waals surface area contributed by atoms with Crippen LogP contribution in [0.5, 0.6) is 0 Å². The molecule has 0 unspecified atom stereocenters. The first kappa shape index (κ1) is 30.5. The average molecular weight is 540 g/mol. The summed E-state index contributed by atoms with van der Waals surface area (Å²) in [6, 6.07) is 8.11. The number of hydrogen-bond donors (Lipinski definition) is 2. The molecule has 214 valence electrons. The average Bonchev–Trinajstić information content (AvgIpc) is 2.93. The molecule has 1 aromatic rings. The van der Waals surface area contributed by atoms with E-state index in [1.807, 2.05) is 44.2 Å². The number of amides is 2. The number of nitrogens with zero attached hydrogens (tertiary/aromatic N) is 1. The zero-order valence-corrected chi connectivity index (χ0v) is 23.5. The van der Waals surface area contributed by atoms with Crippen molar-refractivity contribution in [2.45, 2.75) is 96.6 Å². The van der Waals surface area contributed by atoms with Gasteiger partial charge in [0.1, 0.15) is 17.9 Å². The van der Waals surface area contributed by atoms with Gasteiger partial charge in [-0.25, -0.2) is 5.43 Å². The van der Waals surface area contributed by atoms with Gasteiger partial charge in [0.2, 0.25) is 5.91 Å². The molecule has 0 saturated carbocycles. The van der Waals surface area contributed by atoms with Crippen molar-refractivity contribution in [3.63, 3.8) is 0 Å². The second-order valence-electron chi connectivity index (χ2n) is 11.0. The first-order chi connectivity index (χ1) is 18.8. The molecule has 0 aromatic heterocycles. The summed E-state index contributed by atoms with van der Waals surface area (Å²) >= 11 is 0. The van der Waals surface area contributed by atoms with Gasteiger partial charge < -0.3 is 10.1 Å². The number of ether oxygens (including phenoxy) is 1. The van der Waals surface area contributed by atoms with E-state index in [2.05, 4.69) is 22.9 Å². The molecule has 2 N–H and O–H groups in total. The molecule has 2 heterocycles. The third kappa shape index (κ3) is 10.2. The summed E-state index contributed by atoms with van der Waals surface area (Å²) in [5.74, 6) is -1.43. The molecule has 39 heavy (non-hydrogen) atoms. The maximum atomic E-state index is 13.7. The molecule has 1 fully saturated rings. The van der Waals surface area contributed by atoms with Crippen LogP contribution in [0.4, 0.5) is 0 Å². The van der Waals surface area contributed by atoms with Gasteiger partial charge in [-0.3, -0.25) is 24.2 Å². The molecule has 1 aromatic carbocycles. The van der Waals surface area contributed by atoms with Crippen LogP contribution in [0, 0.1) is 11.8 Å². The lowest BCUT2D eigenvalue weighted by Gasteiger charge is -2.35. The molecular formula is C31H45N3O5. The van der Waals surface area contributed by atoms with Crippen LogP contribution in [-0.4, -0.2) is 53.8 Å². The Morgan fingerprint density at radius 3 is 2.38 bits per heavy atom. The van der Waals surface area contributed by atoms with Crippen molar-refractivity contribution in [2.24, 2.45) is 11.8 Å². The maximum Gasteiger partial charge on any atom is 0.324 e. The Labute approximate surface area is 232 Å². The van der Waals surface area contributed by atoms with Crippen LogP contribution in [0.2, 0.25) is 0 Å². The number of nitrogens with one attached hydrogen (secondary N) is 2. The number of allylic oxidation sites excluding steroid dienone is 2. The van der Waals surface area contributed by atoms with E-state index in [-0.39, 0.29) is 35.9 Å².